The van der Waals surface area contributed by atoms with E-state index in [0.717, 1.165) is 23.5 Å². The summed E-state index contributed by atoms with van der Waals surface area (Å²) in [6.45, 7) is 2.03. The van der Waals surface area contributed by atoms with E-state index in [1.165, 1.54) is 29.3 Å². The smallest absolute Gasteiger partial charge is 0.256 e. The standard InChI is InChI=1S/C30H30Cl2FN5O4S/c1-16-27(34)22(28(35-2)18-10-19(12-20(31)11-18)30(7-8-30)37-43(3,41)42)6-9-38(16)29(40)24-14-21(33)13-23(26(24)32)17-4-5-25(39)36-15-17/h4-5,10-16,37H,6-9,34H2,1-3H3,(H,36,39). The third-order valence-electron chi connectivity index (χ3n) is 7.86. The van der Waals surface area contributed by atoms with Gasteiger partial charge in [-0.25, -0.2) is 17.5 Å². The number of carbonyl (C=O) groups is 1. The average molecular weight is 647 g/mol. The molecule has 3 aromatic rings. The van der Waals surface area contributed by atoms with Gasteiger partial charge in [0.15, 0.2) is 0 Å². The van der Waals surface area contributed by atoms with Crippen molar-refractivity contribution in [3.63, 3.8) is 0 Å². The number of hydrogen-bond acceptors (Lipinski definition) is 6. The molecule has 1 fully saturated rings. The molecule has 13 heteroatoms. The Morgan fingerprint density at radius 3 is 2.51 bits per heavy atom. The van der Waals surface area contributed by atoms with Crippen LogP contribution in [0.15, 0.2) is 69.7 Å². The normalized spacial score (nSPS) is 18.6. The van der Waals surface area contributed by atoms with E-state index in [2.05, 4.69) is 14.7 Å². The minimum Gasteiger partial charge on any atom is -0.400 e. The average Bonchev–Trinajstić information content (AvgIpc) is 3.71. The Kier molecular flexibility index (Phi) is 8.30. The van der Waals surface area contributed by atoms with Crippen molar-refractivity contribution >= 4 is 44.8 Å². The molecule has 1 atom stereocenters. The Labute approximate surface area is 258 Å². The second kappa shape index (κ2) is 11.5. The van der Waals surface area contributed by atoms with Crippen LogP contribution in [0.3, 0.4) is 0 Å². The number of nitrogens with zero attached hydrogens (tertiary/aromatic N) is 2. The highest BCUT2D eigenvalue weighted by atomic mass is 35.5. The van der Waals surface area contributed by atoms with Crippen LogP contribution in [0.1, 0.15) is 47.7 Å². The zero-order valence-corrected chi connectivity index (χ0v) is 26.0. The van der Waals surface area contributed by atoms with Crippen molar-refractivity contribution in [1.29, 1.82) is 0 Å². The van der Waals surface area contributed by atoms with Crippen LogP contribution in [0.2, 0.25) is 10.0 Å². The molecule has 2 aliphatic rings. The van der Waals surface area contributed by atoms with Gasteiger partial charge < -0.3 is 15.6 Å². The third kappa shape index (κ3) is 6.26. The van der Waals surface area contributed by atoms with Gasteiger partial charge in [0.2, 0.25) is 15.6 Å². The monoisotopic (exact) mass is 645 g/mol. The molecule has 0 spiro atoms. The summed E-state index contributed by atoms with van der Waals surface area (Å²) in [6, 6.07) is 9.87. The number of aromatic nitrogens is 1. The zero-order chi connectivity index (χ0) is 31.3. The Bertz CT molecular complexity index is 1850. The summed E-state index contributed by atoms with van der Waals surface area (Å²) in [5.74, 6) is -1.15. The van der Waals surface area contributed by atoms with Crippen molar-refractivity contribution in [3.8, 4) is 11.1 Å². The van der Waals surface area contributed by atoms with Crippen LogP contribution in [0.25, 0.3) is 11.1 Å². The molecule has 1 aliphatic carbocycles. The summed E-state index contributed by atoms with van der Waals surface area (Å²) in [5, 5.41) is 0.479. The highest BCUT2D eigenvalue weighted by Gasteiger charge is 2.47. The minimum absolute atomic E-state index is 0.0251. The van der Waals surface area contributed by atoms with Crippen LogP contribution in [-0.4, -0.2) is 55.8 Å². The van der Waals surface area contributed by atoms with Gasteiger partial charge in [0, 0.05) is 53.3 Å². The molecule has 2 aromatic carbocycles. The van der Waals surface area contributed by atoms with Crippen LogP contribution in [0, 0.1) is 5.82 Å². The molecule has 2 heterocycles. The number of benzene rings is 2. The maximum atomic E-state index is 14.7. The minimum atomic E-state index is -3.46. The maximum Gasteiger partial charge on any atom is 0.256 e. The lowest BCUT2D eigenvalue weighted by molar-refractivity contribution is 0.0706. The van der Waals surface area contributed by atoms with Crippen molar-refractivity contribution in [2.45, 2.75) is 37.8 Å². The largest absolute Gasteiger partial charge is 0.400 e. The molecule has 0 radical (unpaired) electrons. The lowest BCUT2D eigenvalue weighted by Gasteiger charge is -2.36. The van der Waals surface area contributed by atoms with Gasteiger partial charge in [0.1, 0.15) is 5.82 Å². The number of H-pyrrole nitrogens is 1. The number of aromatic amines is 1. The van der Waals surface area contributed by atoms with Crippen LogP contribution in [-0.2, 0) is 15.6 Å². The molecule has 0 bridgehead atoms. The number of hydrogen-bond donors (Lipinski definition) is 3. The molecule has 1 saturated carbocycles. The molecule has 5 rings (SSSR count). The predicted octanol–water partition coefficient (Wildman–Crippen LogP) is 4.59. The van der Waals surface area contributed by atoms with E-state index in [1.807, 2.05) is 6.07 Å². The molecule has 1 amide bonds. The van der Waals surface area contributed by atoms with E-state index in [-0.39, 0.29) is 28.3 Å². The van der Waals surface area contributed by atoms with Gasteiger partial charge in [0.25, 0.3) is 5.91 Å². The Hall–Kier alpha value is -3.51. The second-order valence-electron chi connectivity index (χ2n) is 10.9. The number of aliphatic imine (C=N–C) groups is 1. The summed E-state index contributed by atoms with van der Waals surface area (Å²) in [4.78, 5) is 33.8. The summed E-state index contributed by atoms with van der Waals surface area (Å²) in [5.41, 5.74) is 9.43. The lowest BCUT2D eigenvalue weighted by Crippen LogP contribution is -2.46. The Morgan fingerprint density at radius 1 is 1.19 bits per heavy atom. The van der Waals surface area contributed by atoms with E-state index in [0.29, 0.717) is 46.8 Å². The molecule has 1 aliphatic heterocycles. The van der Waals surface area contributed by atoms with Crippen LogP contribution in [0.4, 0.5) is 4.39 Å². The lowest BCUT2D eigenvalue weighted by atomic mass is 9.90. The first-order chi connectivity index (χ1) is 20.2. The highest BCUT2D eigenvalue weighted by molar-refractivity contribution is 7.88. The maximum absolute atomic E-state index is 14.7. The fraction of sp³-hybridized carbons (Fsp3) is 0.300. The van der Waals surface area contributed by atoms with Crippen LogP contribution in [0.5, 0.6) is 0 Å². The molecule has 43 heavy (non-hydrogen) atoms. The van der Waals surface area contributed by atoms with Gasteiger partial charge in [0.05, 0.1) is 34.1 Å². The second-order valence-corrected chi connectivity index (χ2v) is 13.4. The topological polar surface area (TPSA) is 138 Å². The van der Waals surface area contributed by atoms with Crippen molar-refractivity contribution in [2.75, 3.05) is 19.8 Å². The number of pyridine rings is 1. The quantitative estimate of drug-likeness (QED) is 0.323. The summed E-state index contributed by atoms with van der Waals surface area (Å²) in [7, 11) is -1.83. The highest BCUT2D eigenvalue weighted by Crippen LogP contribution is 2.47. The predicted molar refractivity (Wildman–Crippen MR) is 167 cm³/mol. The van der Waals surface area contributed by atoms with Crippen LogP contribution < -0.4 is 16.0 Å². The number of amides is 1. The Morgan fingerprint density at radius 2 is 1.91 bits per heavy atom. The summed E-state index contributed by atoms with van der Waals surface area (Å²) < 4.78 is 41.5. The Balaban J connectivity index is 1.46. The van der Waals surface area contributed by atoms with Gasteiger partial charge in [-0.1, -0.05) is 23.2 Å². The molecule has 9 nitrogen and oxygen atoms in total. The fourth-order valence-electron chi connectivity index (χ4n) is 5.58. The number of carbonyl (C=O) groups excluding carboxylic acids is 1. The first-order valence-electron chi connectivity index (χ1n) is 13.5. The van der Waals surface area contributed by atoms with E-state index in [9.17, 15) is 22.4 Å². The number of nitrogens with two attached hydrogens (primary N) is 1. The van der Waals surface area contributed by atoms with E-state index < -0.39 is 33.3 Å². The fourth-order valence-corrected chi connectivity index (χ4v) is 7.15. The molecule has 1 unspecified atom stereocenters. The molecular weight excluding hydrogens is 616 g/mol. The molecule has 0 saturated heterocycles. The first-order valence-corrected chi connectivity index (χ1v) is 16.1. The molecular formula is C30H30Cl2FN5O4S. The van der Waals surface area contributed by atoms with E-state index in [1.54, 1.807) is 26.1 Å². The van der Waals surface area contributed by atoms with Gasteiger partial charge >= 0.3 is 0 Å². The first kappa shape index (κ1) is 30.9. The van der Waals surface area contributed by atoms with Gasteiger partial charge in [-0.05, 0) is 73.7 Å². The summed E-state index contributed by atoms with van der Waals surface area (Å²) >= 11 is 13.1. The van der Waals surface area contributed by atoms with Crippen molar-refractivity contribution in [3.05, 3.63) is 103 Å². The van der Waals surface area contributed by atoms with Gasteiger partial charge in [-0.3, -0.25) is 14.6 Å². The molecule has 4 N–H and O–H groups in total. The number of halogens is 3. The van der Waals surface area contributed by atoms with Crippen molar-refractivity contribution in [1.82, 2.24) is 14.6 Å². The van der Waals surface area contributed by atoms with Gasteiger partial charge in [-0.2, -0.15) is 0 Å². The SMILES string of the molecule is CN=C(C1=C(N)C(C)N(C(=O)c2cc(F)cc(-c3ccc(=O)[nH]c3)c2Cl)CC1)c1cc(Cl)cc(C2(NS(C)(=O)=O)CC2)c1. The number of rotatable bonds is 7. The summed E-state index contributed by atoms with van der Waals surface area (Å²) in [6.07, 6.45) is 4.17. The van der Waals surface area contributed by atoms with E-state index in [4.69, 9.17) is 28.9 Å². The van der Waals surface area contributed by atoms with Gasteiger partial charge in [-0.15, -0.1) is 0 Å². The van der Waals surface area contributed by atoms with E-state index >= 15 is 0 Å². The zero-order valence-electron chi connectivity index (χ0n) is 23.7. The van der Waals surface area contributed by atoms with Crippen LogP contribution >= 0.6 is 23.2 Å². The number of sulfonamides is 1. The molecule has 1 aromatic heterocycles. The molecule has 226 valence electrons. The number of nitrogens with one attached hydrogen (secondary N) is 2. The van der Waals surface area contributed by atoms with Crippen molar-refractivity contribution in [2.24, 2.45) is 10.7 Å². The van der Waals surface area contributed by atoms with Crippen molar-refractivity contribution < 1.29 is 17.6 Å². The third-order valence-corrected chi connectivity index (χ3v) is 9.24.